The molecule has 0 unspecified atom stereocenters. The molecular formula is C7H11N3OS. The first kappa shape index (κ1) is 8.99. The van der Waals surface area contributed by atoms with Gasteiger partial charge in [0, 0.05) is 21.1 Å². The number of hydrogen-bond acceptors (Lipinski definition) is 4. The molecule has 0 radical (unpaired) electrons. The molecule has 1 N–H and O–H groups in total. The lowest BCUT2D eigenvalue weighted by molar-refractivity contribution is 0.0827. The fourth-order valence-electron chi connectivity index (χ4n) is 0.680. The van der Waals surface area contributed by atoms with Crippen LogP contribution in [-0.4, -0.2) is 36.9 Å². The first-order chi connectivity index (χ1) is 5.65. The van der Waals surface area contributed by atoms with Crippen molar-refractivity contribution in [1.82, 2.24) is 9.88 Å². The summed E-state index contributed by atoms with van der Waals surface area (Å²) < 4.78 is 0. The molecule has 0 saturated heterocycles. The molecule has 1 rings (SSSR count). The Hall–Kier alpha value is -1.10. The first-order valence-corrected chi connectivity index (χ1v) is 4.32. The molecule has 0 aliphatic rings. The molecule has 0 bridgehead atoms. The van der Waals surface area contributed by atoms with Gasteiger partial charge in [-0.15, -0.1) is 0 Å². The van der Waals surface area contributed by atoms with Crippen LogP contribution in [0.4, 0.5) is 5.00 Å². The summed E-state index contributed by atoms with van der Waals surface area (Å²) >= 11 is 1.36. The maximum absolute atomic E-state index is 11.3. The third kappa shape index (κ3) is 1.73. The molecule has 1 aromatic rings. The van der Waals surface area contributed by atoms with Crippen molar-refractivity contribution >= 4 is 22.2 Å². The summed E-state index contributed by atoms with van der Waals surface area (Å²) in [5, 5.41) is 4.35. The molecule has 12 heavy (non-hydrogen) atoms. The van der Waals surface area contributed by atoms with Gasteiger partial charge in [0.2, 0.25) is 0 Å². The monoisotopic (exact) mass is 185 g/mol. The van der Waals surface area contributed by atoms with E-state index >= 15 is 0 Å². The number of anilines is 1. The van der Waals surface area contributed by atoms with E-state index in [9.17, 15) is 4.79 Å². The van der Waals surface area contributed by atoms with Gasteiger partial charge < -0.3 is 10.2 Å². The third-order valence-electron chi connectivity index (χ3n) is 1.34. The second-order valence-electron chi connectivity index (χ2n) is 2.48. The normalized spacial score (nSPS) is 9.58. The van der Waals surface area contributed by atoms with Crippen LogP contribution in [0.5, 0.6) is 0 Å². The summed E-state index contributed by atoms with van der Waals surface area (Å²) in [5.74, 6) is -0.0542. The highest BCUT2D eigenvalue weighted by molar-refractivity contribution is 7.17. The standard InChI is InChI=1S/C7H11N3OS/c1-8-5-4-9-6(12-5)7(11)10(2)3/h4,8H,1-3H3. The van der Waals surface area contributed by atoms with Gasteiger partial charge in [-0.25, -0.2) is 4.98 Å². The van der Waals surface area contributed by atoms with Crippen LogP contribution in [0, 0.1) is 0 Å². The number of nitrogens with zero attached hydrogens (tertiary/aromatic N) is 2. The molecule has 0 aliphatic heterocycles. The van der Waals surface area contributed by atoms with Gasteiger partial charge >= 0.3 is 0 Å². The molecule has 1 heterocycles. The van der Waals surface area contributed by atoms with E-state index in [0.29, 0.717) is 5.01 Å². The molecule has 1 amide bonds. The summed E-state index contributed by atoms with van der Waals surface area (Å²) in [5.41, 5.74) is 0. The average Bonchev–Trinajstić information content (AvgIpc) is 2.50. The van der Waals surface area contributed by atoms with Gasteiger partial charge in [0.25, 0.3) is 5.91 Å². The molecule has 1 aromatic heterocycles. The molecule has 0 saturated carbocycles. The SMILES string of the molecule is CNc1cnc(C(=O)N(C)C)s1. The van der Waals surface area contributed by atoms with Gasteiger partial charge in [-0.2, -0.15) is 0 Å². The number of nitrogens with one attached hydrogen (secondary N) is 1. The quantitative estimate of drug-likeness (QED) is 0.744. The van der Waals surface area contributed by atoms with Crippen molar-refractivity contribution in [1.29, 1.82) is 0 Å². The van der Waals surface area contributed by atoms with E-state index < -0.39 is 0 Å². The van der Waals surface area contributed by atoms with Crippen LogP contribution >= 0.6 is 11.3 Å². The molecule has 5 heteroatoms. The van der Waals surface area contributed by atoms with Crippen LogP contribution in [0.1, 0.15) is 9.80 Å². The summed E-state index contributed by atoms with van der Waals surface area (Å²) in [7, 11) is 5.23. The van der Waals surface area contributed by atoms with Crippen molar-refractivity contribution < 1.29 is 4.79 Å². The number of carbonyl (C=O) groups is 1. The minimum atomic E-state index is -0.0542. The van der Waals surface area contributed by atoms with Crippen molar-refractivity contribution in [3.05, 3.63) is 11.2 Å². The Bertz CT molecular complexity index is 282. The van der Waals surface area contributed by atoms with E-state index in [1.165, 1.54) is 16.2 Å². The maximum Gasteiger partial charge on any atom is 0.282 e. The zero-order valence-electron chi connectivity index (χ0n) is 7.29. The molecule has 0 atom stereocenters. The number of hydrogen-bond donors (Lipinski definition) is 1. The highest BCUT2D eigenvalue weighted by Crippen LogP contribution is 2.18. The summed E-state index contributed by atoms with van der Waals surface area (Å²) in [6, 6.07) is 0. The molecule has 66 valence electrons. The van der Waals surface area contributed by atoms with Crippen molar-refractivity contribution in [2.45, 2.75) is 0 Å². The topological polar surface area (TPSA) is 45.2 Å². The van der Waals surface area contributed by atoms with Crippen molar-refractivity contribution in [3.63, 3.8) is 0 Å². The Labute approximate surface area is 75.2 Å². The number of aromatic nitrogens is 1. The van der Waals surface area contributed by atoms with E-state index in [1.54, 1.807) is 27.3 Å². The lowest BCUT2D eigenvalue weighted by Gasteiger charge is -2.05. The summed E-state index contributed by atoms with van der Waals surface area (Å²) in [6.07, 6.45) is 1.65. The third-order valence-corrected chi connectivity index (χ3v) is 2.34. The van der Waals surface area contributed by atoms with Crippen molar-refractivity contribution in [3.8, 4) is 0 Å². The van der Waals surface area contributed by atoms with Crippen LogP contribution in [-0.2, 0) is 0 Å². The van der Waals surface area contributed by atoms with Crippen LogP contribution in [0.2, 0.25) is 0 Å². The first-order valence-electron chi connectivity index (χ1n) is 3.50. The molecular weight excluding hydrogens is 174 g/mol. The Kier molecular flexibility index (Phi) is 2.65. The van der Waals surface area contributed by atoms with Crippen LogP contribution in [0.25, 0.3) is 0 Å². The predicted molar refractivity (Wildman–Crippen MR) is 49.7 cm³/mol. The van der Waals surface area contributed by atoms with Crippen molar-refractivity contribution in [2.24, 2.45) is 0 Å². The van der Waals surface area contributed by atoms with E-state index in [4.69, 9.17) is 0 Å². The highest BCUT2D eigenvalue weighted by Gasteiger charge is 2.11. The second kappa shape index (κ2) is 3.53. The highest BCUT2D eigenvalue weighted by atomic mass is 32.1. The maximum atomic E-state index is 11.3. The smallest absolute Gasteiger partial charge is 0.282 e. The number of thiazole rings is 1. The largest absolute Gasteiger partial charge is 0.379 e. The summed E-state index contributed by atoms with van der Waals surface area (Å²) in [4.78, 5) is 16.8. The predicted octanol–water partition coefficient (Wildman–Crippen LogP) is 0.887. The number of rotatable bonds is 2. The van der Waals surface area contributed by atoms with Gasteiger partial charge in [0.05, 0.1) is 6.20 Å². The van der Waals surface area contributed by atoms with Gasteiger partial charge in [0.1, 0.15) is 5.00 Å². The number of carbonyl (C=O) groups excluding carboxylic acids is 1. The van der Waals surface area contributed by atoms with Gasteiger partial charge in [-0.1, -0.05) is 11.3 Å². The zero-order valence-corrected chi connectivity index (χ0v) is 8.10. The Balaban J connectivity index is 2.82. The van der Waals surface area contributed by atoms with Gasteiger partial charge in [-0.05, 0) is 0 Å². The van der Waals surface area contributed by atoms with E-state index in [1.807, 2.05) is 0 Å². The summed E-state index contributed by atoms with van der Waals surface area (Å²) in [6.45, 7) is 0. The average molecular weight is 185 g/mol. The zero-order chi connectivity index (χ0) is 9.14. The second-order valence-corrected chi connectivity index (χ2v) is 3.51. The van der Waals surface area contributed by atoms with Crippen molar-refractivity contribution in [2.75, 3.05) is 26.5 Å². The van der Waals surface area contributed by atoms with Crippen LogP contribution < -0.4 is 5.32 Å². The Morgan fingerprint density at radius 2 is 2.33 bits per heavy atom. The number of amides is 1. The van der Waals surface area contributed by atoms with Crippen LogP contribution in [0.3, 0.4) is 0 Å². The lowest BCUT2D eigenvalue weighted by Crippen LogP contribution is -2.21. The van der Waals surface area contributed by atoms with Crippen LogP contribution in [0.15, 0.2) is 6.20 Å². The van der Waals surface area contributed by atoms with E-state index in [0.717, 1.165) is 5.00 Å². The molecule has 0 spiro atoms. The fraction of sp³-hybridized carbons (Fsp3) is 0.429. The van der Waals surface area contributed by atoms with E-state index in [-0.39, 0.29) is 5.91 Å². The molecule has 0 aromatic carbocycles. The molecule has 4 nitrogen and oxygen atoms in total. The minimum Gasteiger partial charge on any atom is -0.379 e. The lowest BCUT2D eigenvalue weighted by atomic mass is 10.6. The Morgan fingerprint density at radius 1 is 1.67 bits per heavy atom. The Morgan fingerprint density at radius 3 is 2.75 bits per heavy atom. The fourth-order valence-corrected chi connectivity index (χ4v) is 1.47. The van der Waals surface area contributed by atoms with E-state index in [2.05, 4.69) is 10.3 Å². The van der Waals surface area contributed by atoms with Gasteiger partial charge in [-0.3, -0.25) is 4.79 Å². The molecule has 0 aliphatic carbocycles. The molecule has 0 fully saturated rings. The van der Waals surface area contributed by atoms with Gasteiger partial charge in [0.15, 0.2) is 5.01 Å². The minimum absolute atomic E-state index is 0.0542.